The predicted molar refractivity (Wildman–Crippen MR) is 118 cm³/mol. The zero-order chi connectivity index (χ0) is 21.8. The molecule has 1 aliphatic heterocycles. The number of aliphatic imine (C=N–C) groups is 1. The van der Waals surface area contributed by atoms with Crippen molar-refractivity contribution in [1.29, 1.82) is 0 Å². The number of carbonyl (C=O) groups is 2. The fraction of sp³-hybridized carbons (Fsp3) is 0.125. The largest absolute Gasteiger partial charge is 0.497 e. The Morgan fingerprint density at radius 2 is 1.87 bits per heavy atom. The number of ether oxygens (including phenoxy) is 1. The average Bonchev–Trinajstić information content (AvgIpc) is 2.90. The van der Waals surface area contributed by atoms with E-state index in [0.29, 0.717) is 28.5 Å². The molecule has 0 radical (unpaired) electrons. The Hall–Kier alpha value is -4.00. The molecular formula is C24H20FN3O3. The maximum atomic E-state index is 13.4. The van der Waals surface area contributed by atoms with E-state index in [9.17, 15) is 14.0 Å². The predicted octanol–water partition coefficient (Wildman–Crippen LogP) is 4.33. The monoisotopic (exact) mass is 417 g/mol. The van der Waals surface area contributed by atoms with Gasteiger partial charge >= 0.3 is 0 Å². The molecule has 4 rings (SSSR count). The molecule has 1 N–H and O–H groups in total. The number of rotatable bonds is 5. The molecule has 0 fully saturated rings. The molecule has 31 heavy (non-hydrogen) atoms. The number of carbonyl (C=O) groups excluding carboxylic acids is 2. The highest BCUT2D eigenvalue weighted by Gasteiger charge is 2.26. The van der Waals surface area contributed by atoms with Crippen LogP contribution in [0.2, 0.25) is 0 Å². The summed E-state index contributed by atoms with van der Waals surface area (Å²) >= 11 is 0. The highest BCUT2D eigenvalue weighted by Crippen LogP contribution is 2.33. The van der Waals surface area contributed by atoms with Crippen LogP contribution in [0.1, 0.15) is 12.0 Å². The lowest BCUT2D eigenvalue weighted by Gasteiger charge is -2.22. The standard InChI is InChI=1S/C24H20FN3O3/c1-31-19-11-9-16(10-12-19)21-14-24(30)28(22-8-3-2-7-20(22)27-21)15-23(29)26-18-6-4-5-17(25)13-18/h2-13H,14-15H2,1H3,(H,26,29). The second-order valence-corrected chi connectivity index (χ2v) is 6.99. The summed E-state index contributed by atoms with van der Waals surface area (Å²) < 4.78 is 18.6. The van der Waals surface area contributed by atoms with Crippen LogP contribution in [0.15, 0.2) is 77.8 Å². The first kappa shape index (κ1) is 20.3. The number of nitrogens with zero attached hydrogens (tertiary/aromatic N) is 2. The fourth-order valence-corrected chi connectivity index (χ4v) is 3.38. The lowest BCUT2D eigenvalue weighted by atomic mass is 10.1. The van der Waals surface area contributed by atoms with Crippen molar-refractivity contribution in [3.8, 4) is 5.75 Å². The van der Waals surface area contributed by atoms with Gasteiger partial charge in [-0.1, -0.05) is 18.2 Å². The summed E-state index contributed by atoms with van der Waals surface area (Å²) in [6.07, 6.45) is 0.0360. The van der Waals surface area contributed by atoms with Crippen molar-refractivity contribution in [2.75, 3.05) is 23.9 Å². The van der Waals surface area contributed by atoms with Gasteiger partial charge in [-0.3, -0.25) is 14.6 Å². The Kier molecular flexibility index (Phi) is 5.75. The molecule has 7 heteroatoms. The second-order valence-electron chi connectivity index (χ2n) is 6.99. The summed E-state index contributed by atoms with van der Waals surface area (Å²) in [6.45, 7) is -0.211. The van der Waals surface area contributed by atoms with E-state index in [4.69, 9.17) is 9.73 Å². The summed E-state index contributed by atoms with van der Waals surface area (Å²) in [5.41, 5.74) is 2.88. The Morgan fingerprint density at radius 1 is 1.10 bits per heavy atom. The molecule has 0 spiro atoms. The van der Waals surface area contributed by atoms with Crippen LogP contribution in [0.3, 0.4) is 0 Å². The highest BCUT2D eigenvalue weighted by atomic mass is 19.1. The zero-order valence-corrected chi connectivity index (χ0v) is 16.8. The van der Waals surface area contributed by atoms with Crippen LogP contribution in [-0.2, 0) is 9.59 Å². The Morgan fingerprint density at radius 3 is 2.61 bits per heavy atom. The molecule has 3 aromatic rings. The second kappa shape index (κ2) is 8.79. The first-order chi connectivity index (χ1) is 15.0. The first-order valence-electron chi connectivity index (χ1n) is 9.70. The van der Waals surface area contributed by atoms with Gasteiger partial charge < -0.3 is 15.0 Å². The SMILES string of the molecule is COc1ccc(C2=Nc3ccccc3N(CC(=O)Nc3cccc(F)c3)C(=O)C2)cc1. The topological polar surface area (TPSA) is 71.0 Å². The van der Waals surface area contributed by atoms with Crippen LogP contribution in [0.25, 0.3) is 0 Å². The molecule has 3 aromatic carbocycles. The van der Waals surface area contributed by atoms with Gasteiger partial charge in [0.15, 0.2) is 0 Å². The molecule has 0 saturated heterocycles. The van der Waals surface area contributed by atoms with Gasteiger partial charge in [0, 0.05) is 5.69 Å². The minimum absolute atomic E-state index is 0.0360. The van der Waals surface area contributed by atoms with Crippen molar-refractivity contribution in [1.82, 2.24) is 0 Å². The molecule has 1 heterocycles. The smallest absolute Gasteiger partial charge is 0.244 e. The third-order valence-electron chi connectivity index (χ3n) is 4.88. The van der Waals surface area contributed by atoms with Gasteiger partial charge in [-0.25, -0.2) is 4.39 Å². The normalized spacial score (nSPS) is 13.2. The van der Waals surface area contributed by atoms with E-state index in [-0.39, 0.29) is 18.9 Å². The Balaban J connectivity index is 1.60. The van der Waals surface area contributed by atoms with E-state index in [2.05, 4.69) is 5.32 Å². The van der Waals surface area contributed by atoms with Crippen molar-refractivity contribution in [3.63, 3.8) is 0 Å². The summed E-state index contributed by atoms with van der Waals surface area (Å²) in [5.74, 6) is -0.428. The number of amides is 2. The zero-order valence-electron chi connectivity index (χ0n) is 16.8. The van der Waals surface area contributed by atoms with E-state index in [0.717, 1.165) is 5.56 Å². The highest BCUT2D eigenvalue weighted by molar-refractivity contribution is 6.19. The van der Waals surface area contributed by atoms with Gasteiger partial charge in [0.2, 0.25) is 11.8 Å². The molecule has 0 aromatic heterocycles. The van der Waals surface area contributed by atoms with Crippen molar-refractivity contribution < 1.29 is 18.7 Å². The molecule has 0 bridgehead atoms. The lowest BCUT2D eigenvalue weighted by Crippen LogP contribution is -2.38. The molecule has 156 valence electrons. The minimum Gasteiger partial charge on any atom is -0.497 e. The maximum Gasteiger partial charge on any atom is 0.244 e. The quantitative estimate of drug-likeness (QED) is 0.672. The maximum absolute atomic E-state index is 13.4. The van der Waals surface area contributed by atoms with Crippen LogP contribution < -0.4 is 15.0 Å². The van der Waals surface area contributed by atoms with E-state index in [1.165, 1.54) is 23.1 Å². The third-order valence-corrected chi connectivity index (χ3v) is 4.88. The van der Waals surface area contributed by atoms with Crippen LogP contribution >= 0.6 is 0 Å². The lowest BCUT2D eigenvalue weighted by molar-refractivity contribution is -0.120. The molecular weight excluding hydrogens is 397 g/mol. The van der Waals surface area contributed by atoms with Crippen molar-refractivity contribution in [3.05, 3.63) is 84.2 Å². The summed E-state index contributed by atoms with van der Waals surface area (Å²) in [5, 5.41) is 2.63. The van der Waals surface area contributed by atoms with Crippen LogP contribution in [-0.4, -0.2) is 31.2 Å². The fourth-order valence-electron chi connectivity index (χ4n) is 3.38. The molecule has 0 aliphatic carbocycles. The molecule has 0 saturated carbocycles. The van der Waals surface area contributed by atoms with Gasteiger partial charge in [0.25, 0.3) is 0 Å². The van der Waals surface area contributed by atoms with Crippen LogP contribution in [0.4, 0.5) is 21.5 Å². The Bertz CT molecular complexity index is 1160. The number of para-hydroxylation sites is 2. The number of fused-ring (bicyclic) bond motifs is 1. The molecule has 2 amide bonds. The molecule has 0 unspecified atom stereocenters. The first-order valence-corrected chi connectivity index (χ1v) is 9.70. The average molecular weight is 417 g/mol. The number of nitrogens with one attached hydrogen (secondary N) is 1. The van der Waals surface area contributed by atoms with Crippen molar-refractivity contribution in [2.24, 2.45) is 4.99 Å². The van der Waals surface area contributed by atoms with Gasteiger partial charge in [-0.05, 0) is 60.2 Å². The van der Waals surface area contributed by atoms with E-state index < -0.39 is 11.7 Å². The molecule has 6 nitrogen and oxygen atoms in total. The van der Waals surface area contributed by atoms with E-state index >= 15 is 0 Å². The number of anilines is 2. The van der Waals surface area contributed by atoms with Crippen LogP contribution in [0, 0.1) is 5.82 Å². The van der Waals surface area contributed by atoms with Gasteiger partial charge in [-0.15, -0.1) is 0 Å². The number of hydrogen-bond acceptors (Lipinski definition) is 4. The van der Waals surface area contributed by atoms with E-state index in [1.807, 2.05) is 30.3 Å². The molecule has 1 aliphatic rings. The van der Waals surface area contributed by atoms with E-state index in [1.54, 1.807) is 31.4 Å². The van der Waals surface area contributed by atoms with Crippen molar-refractivity contribution >= 4 is 34.6 Å². The van der Waals surface area contributed by atoms with Gasteiger partial charge in [0.05, 0.1) is 30.6 Å². The van der Waals surface area contributed by atoms with Crippen molar-refractivity contribution in [2.45, 2.75) is 6.42 Å². The van der Waals surface area contributed by atoms with Gasteiger partial charge in [0.1, 0.15) is 18.1 Å². The Labute approximate surface area is 179 Å². The van der Waals surface area contributed by atoms with Gasteiger partial charge in [-0.2, -0.15) is 0 Å². The summed E-state index contributed by atoms with van der Waals surface area (Å²) in [6, 6.07) is 20.1. The third kappa shape index (κ3) is 4.61. The minimum atomic E-state index is -0.452. The summed E-state index contributed by atoms with van der Waals surface area (Å²) in [4.78, 5) is 31.8. The number of methoxy groups -OCH3 is 1. The summed E-state index contributed by atoms with van der Waals surface area (Å²) in [7, 11) is 1.59. The van der Waals surface area contributed by atoms with Crippen LogP contribution in [0.5, 0.6) is 5.75 Å². The number of halogens is 1. The number of hydrogen-bond donors (Lipinski definition) is 1. The molecule has 0 atom stereocenters. The number of benzene rings is 3.